The first-order valence-corrected chi connectivity index (χ1v) is 9.75. The highest BCUT2D eigenvalue weighted by Gasteiger charge is 2.19. The standard InChI is InChI=1S/C13H19N3O2S3/c1-4-14-6-11-5-13(9(2)19-11)21(17,18)16-8-12-7-15-10(3)20-12/h5,7,14,16H,4,6,8H2,1-3H3. The number of hydrogen-bond acceptors (Lipinski definition) is 6. The highest BCUT2D eigenvalue weighted by atomic mass is 32.2. The van der Waals surface area contributed by atoms with E-state index in [-0.39, 0.29) is 6.54 Å². The number of nitrogens with zero attached hydrogens (tertiary/aromatic N) is 1. The van der Waals surface area contributed by atoms with E-state index < -0.39 is 10.0 Å². The fourth-order valence-electron chi connectivity index (χ4n) is 1.86. The van der Waals surface area contributed by atoms with Crippen LogP contribution in [0.3, 0.4) is 0 Å². The minimum atomic E-state index is -3.47. The van der Waals surface area contributed by atoms with Crippen LogP contribution in [0.25, 0.3) is 0 Å². The largest absolute Gasteiger partial charge is 0.312 e. The van der Waals surface area contributed by atoms with Crippen molar-refractivity contribution >= 4 is 32.7 Å². The minimum Gasteiger partial charge on any atom is -0.312 e. The molecule has 0 radical (unpaired) electrons. The van der Waals surface area contributed by atoms with Crippen molar-refractivity contribution in [1.29, 1.82) is 0 Å². The Morgan fingerprint density at radius 3 is 2.57 bits per heavy atom. The lowest BCUT2D eigenvalue weighted by Crippen LogP contribution is -2.23. The van der Waals surface area contributed by atoms with Crippen molar-refractivity contribution in [3.8, 4) is 0 Å². The van der Waals surface area contributed by atoms with Crippen LogP contribution >= 0.6 is 22.7 Å². The van der Waals surface area contributed by atoms with E-state index in [1.165, 1.54) is 22.7 Å². The van der Waals surface area contributed by atoms with Crippen molar-refractivity contribution in [1.82, 2.24) is 15.0 Å². The van der Waals surface area contributed by atoms with E-state index in [2.05, 4.69) is 15.0 Å². The van der Waals surface area contributed by atoms with Crippen molar-refractivity contribution in [2.45, 2.75) is 38.8 Å². The zero-order valence-electron chi connectivity index (χ0n) is 12.3. The van der Waals surface area contributed by atoms with Crippen molar-refractivity contribution in [3.05, 3.63) is 31.9 Å². The Hall–Kier alpha value is -0.800. The first-order valence-electron chi connectivity index (χ1n) is 6.63. The maximum Gasteiger partial charge on any atom is 0.242 e. The monoisotopic (exact) mass is 345 g/mol. The summed E-state index contributed by atoms with van der Waals surface area (Å²) >= 11 is 3.01. The van der Waals surface area contributed by atoms with E-state index in [0.717, 1.165) is 26.2 Å². The molecule has 0 aliphatic rings. The number of nitrogens with one attached hydrogen (secondary N) is 2. The molecule has 0 aliphatic heterocycles. The summed E-state index contributed by atoms with van der Waals surface area (Å²) in [5, 5.41) is 4.14. The van der Waals surface area contributed by atoms with Gasteiger partial charge in [-0.25, -0.2) is 18.1 Å². The summed E-state index contributed by atoms with van der Waals surface area (Å²) in [6, 6.07) is 1.75. The Morgan fingerprint density at radius 1 is 1.19 bits per heavy atom. The van der Waals surface area contributed by atoms with Gasteiger partial charge in [-0.05, 0) is 26.5 Å². The van der Waals surface area contributed by atoms with Gasteiger partial charge < -0.3 is 5.32 Å². The molecule has 2 rings (SSSR count). The zero-order valence-corrected chi connectivity index (χ0v) is 14.7. The van der Waals surface area contributed by atoms with Gasteiger partial charge in [-0.3, -0.25) is 0 Å². The van der Waals surface area contributed by atoms with Gasteiger partial charge in [0.1, 0.15) is 0 Å². The highest BCUT2D eigenvalue weighted by molar-refractivity contribution is 7.89. The highest BCUT2D eigenvalue weighted by Crippen LogP contribution is 2.26. The Balaban J connectivity index is 2.09. The van der Waals surface area contributed by atoms with Crippen molar-refractivity contribution in [2.24, 2.45) is 0 Å². The van der Waals surface area contributed by atoms with E-state index >= 15 is 0 Å². The van der Waals surface area contributed by atoms with Gasteiger partial charge in [-0.1, -0.05) is 6.92 Å². The first-order chi connectivity index (χ1) is 9.92. The molecule has 0 aromatic carbocycles. The predicted octanol–water partition coefficient (Wildman–Crippen LogP) is 2.41. The molecular formula is C13H19N3O2S3. The summed E-state index contributed by atoms with van der Waals surface area (Å²) in [4.78, 5) is 7.26. The van der Waals surface area contributed by atoms with E-state index in [1.807, 2.05) is 20.8 Å². The lowest BCUT2D eigenvalue weighted by molar-refractivity contribution is 0.581. The molecule has 116 valence electrons. The van der Waals surface area contributed by atoms with Crippen LogP contribution in [0, 0.1) is 13.8 Å². The van der Waals surface area contributed by atoms with Crippen LogP contribution in [-0.2, 0) is 23.1 Å². The summed E-state index contributed by atoms with van der Waals surface area (Å²) in [5.74, 6) is 0. The molecule has 0 saturated carbocycles. The first kappa shape index (κ1) is 16.6. The molecule has 0 amide bonds. The zero-order chi connectivity index (χ0) is 15.5. The SMILES string of the molecule is CCNCc1cc(S(=O)(=O)NCc2cnc(C)s2)c(C)s1. The maximum absolute atomic E-state index is 12.4. The van der Waals surface area contributed by atoms with Gasteiger partial charge in [0, 0.05) is 33.9 Å². The molecule has 0 aliphatic carbocycles. The topological polar surface area (TPSA) is 71.1 Å². The van der Waals surface area contributed by atoms with Gasteiger partial charge in [-0.15, -0.1) is 22.7 Å². The molecule has 0 fully saturated rings. The smallest absolute Gasteiger partial charge is 0.242 e. The molecule has 0 bridgehead atoms. The second-order valence-electron chi connectivity index (χ2n) is 4.58. The number of hydrogen-bond donors (Lipinski definition) is 2. The van der Waals surface area contributed by atoms with Crippen LogP contribution < -0.4 is 10.0 Å². The number of thiophene rings is 1. The second-order valence-corrected chi connectivity index (χ2v) is 8.98. The van der Waals surface area contributed by atoms with Gasteiger partial charge in [0.25, 0.3) is 0 Å². The lowest BCUT2D eigenvalue weighted by Gasteiger charge is -2.04. The average molecular weight is 346 g/mol. The van der Waals surface area contributed by atoms with Crippen LogP contribution in [0.1, 0.15) is 26.6 Å². The van der Waals surface area contributed by atoms with E-state index in [0.29, 0.717) is 11.4 Å². The molecule has 2 aromatic rings. The predicted molar refractivity (Wildman–Crippen MR) is 87.3 cm³/mol. The normalized spacial score (nSPS) is 12.0. The van der Waals surface area contributed by atoms with Gasteiger partial charge >= 0.3 is 0 Å². The lowest BCUT2D eigenvalue weighted by atomic mass is 10.4. The van der Waals surface area contributed by atoms with Crippen molar-refractivity contribution in [3.63, 3.8) is 0 Å². The molecule has 2 aromatic heterocycles. The van der Waals surface area contributed by atoms with Gasteiger partial charge in [0.15, 0.2) is 0 Å². The summed E-state index contributed by atoms with van der Waals surface area (Å²) in [6.45, 7) is 7.61. The number of rotatable bonds is 7. The number of aromatic nitrogens is 1. The fourth-order valence-corrected chi connectivity index (χ4v) is 5.29. The molecule has 8 heteroatoms. The molecule has 0 spiro atoms. The Bertz CT molecular complexity index is 704. The molecule has 21 heavy (non-hydrogen) atoms. The third kappa shape index (κ3) is 4.33. The second kappa shape index (κ2) is 6.97. The van der Waals surface area contributed by atoms with Crippen molar-refractivity contribution < 1.29 is 8.42 Å². The molecule has 0 atom stereocenters. The van der Waals surface area contributed by atoms with E-state index in [9.17, 15) is 8.42 Å². The quantitative estimate of drug-likeness (QED) is 0.808. The van der Waals surface area contributed by atoms with E-state index in [4.69, 9.17) is 0 Å². The van der Waals surface area contributed by atoms with Crippen molar-refractivity contribution in [2.75, 3.05) is 6.54 Å². The summed E-state index contributed by atoms with van der Waals surface area (Å²) in [6.07, 6.45) is 1.71. The molecule has 0 saturated heterocycles. The summed E-state index contributed by atoms with van der Waals surface area (Å²) in [5.41, 5.74) is 0. The number of sulfonamides is 1. The Labute approximate surface area is 133 Å². The Kier molecular flexibility index (Phi) is 5.50. The summed E-state index contributed by atoms with van der Waals surface area (Å²) < 4.78 is 27.4. The number of aryl methyl sites for hydroxylation is 2. The van der Waals surface area contributed by atoms with Crippen LogP contribution in [0.4, 0.5) is 0 Å². The third-order valence-electron chi connectivity index (χ3n) is 2.87. The molecule has 0 unspecified atom stereocenters. The molecule has 2 heterocycles. The third-order valence-corrected chi connectivity index (χ3v) is 6.49. The maximum atomic E-state index is 12.4. The van der Waals surface area contributed by atoms with Crippen LogP contribution in [0.5, 0.6) is 0 Å². The van der Waals surface area contributed by atoms with Gasteiger partial charge in [0.05, 0.1) is 9.90 Å². The van der Waals surface area contributed by atoms with Crippen LogP contribution in [-0.4, -0.2) is 19.9 Å². The average Bonchev–Trinajstić information content (AvgIpc) is 3.00. The number of thiazole rings is 1. The summed E-state index contributed by atoms with van der Waals surface area (Å²) in [7, 11) is -3.47. The van der Waals surface area contributed by atoms with Crippen LogP contribution in [0.2, 0.25) is 0 Å². The Morgan fingerprint density at radius 2 is 1.95 bits per heavy atom. The van der Waals surface area contributed by atoms with E-state index in [1.54, 1.807) is 12.3 Å². The van der Waals surface area contributed by atoms with Crippen LogP contribution in [0.15, 0.2) is 17.2 Å². The molecular weight excluding hydrogens is 326 g/mol. The van der Waals surface area contributed by atoms with Gasteiger partial charge in [0.2, 0.25) is 10.0 Å². The van der Waals surface area contributed by atoms with Gasteiger partial charge in [-0.2, -0.15) is 0 Å². The minimum absolute atomic E-state index is 0.283. The molecule has 2 N–H and O–H groups in total. The fraction of sp³-hybridized carbons (Fsp3) is 0.462. The molecule has 5 nitrogen and oxygen atoms in total.